The predicted octanol–water partition coefficient (Wildman–Crippen LogP) is 17.8. The highest BCUT2D eigenvalue weighted by molar-refractivity contribution is 7.57. The van der Waals surface area contributed by atoms with Gasteiger partial charge in [0.15, 0.2) is 11.5 Å². The van der Waals surface area contributed by atoms with E-state index >= 15 is 0 Å². The van der Waals surface area contributed by atoms with Crippen molar-refractivity contribution >= 4 is 113 Å². The number of aromatic hydroxyl groups is 5. The maximum atomic E-state index is 13.7. The number of para-hydroxylation sites is 5. The number of halogens is 1. The number of phenolic OH excluding ortho intramolecular Hbond substituents is 5. The molecule has 5 atom stereocenters. The molecule has 0 saturated heterocycles. The Morgan fingerprint density at radius 1 is 0.293 bits per heavy atom. The van der Waals surface area contributed by atoms with Crippen LogP contribution in [0.2, 0.25) is 0 Å². The van der Waals surface area contributed by atoms with Crippen LogP contribution in [0.5, 0.6) is 46.0 Å². The molecule has 0 bridgehead atoms. The van der Waals surface area contributed by atoms with Crippen molar-refractivity contribution in [2.24, 2.45) is 0 Å². The van der Waals surface area contributed by atoms with Gasteiger partial charge in [-0.3, -0.25) is 0 Å². The molecule has 0 heterocycles. The zero-order valence-corrected chi connectivity index (χ0v) is 73.1. The maximum Gasteiger partial charge on any atom is 0.165 e. The normalized spacial score (nSPS) is 11.4. The summed E-state index contributed by atoms with van der Waals surface area (Å²) in [6.07, 6.45) is 0. The molecular weight excluding hydrogens is 1540 g/mol. The number of hydrogen-bond acceptors (Lipinski definition) is 13. The van der Waals surface area contributed by atoms with Gasteiger partial charge in [-0.1, -0.05) is 248 Å². The standard InChI is InChI=1S/2C20H20NOP.C19H25FNO3P.C19H26NO2P.C19H18NOP/c1-15-8-7-13-19(20(15)22)23-18-12-6-5-9-16(18)14-21-17-10-3-2-4-11-17;1-15-11-12-18(22)20(13-15)23-19-10-6-5-7-16(19)14-21-17-8-3-2-4-9-17;1-19(2,3)21-11-12-8-13(20)6-7-16(12)25-17-10-14(23-4)9-15(24-5)18(17)22;1-13-6-9-17(14(10-13)12-20-19(2,3)4)23-18-11-15(22-5)7-8-16(18)21;21-17-11-5-7-13-19(17)22-18-12-6-4-8-15(18)14-20-16-9-2-1-3-10-16/h2*2-13,21-23H,14H2,1H3;6-10,21-22,25H,11H2,1-5H3;6-11,20-21,23H,12H2,1-5H3;1-13,20-22H,14H2. The lowest BCUT2D eigenvalue weighted by Gasteiger charge is -2.22. The molecule has 13 aromatic carbocycles. The van der Waals surface area contributed by atoms with Crippen LogP contribution < -0.4 is 93.8 Å². The number of benzene rings is 13. The van der Waals surface area contributed by atoms with E-state index in [9.17, 15) is 29.9 Å². The van der Waals surface area contributed by atoms with Crippen LogP contribution in [0, 0.1) is 26.6 Å². The minimum absolute atomic E-state index is 0.0717. The van der Waals surface area contributed by atoms with Crippen molar-refractivity contribution in [1.29, 1.82) is 0 Å². The monoisotopic (exact) mass is 1650 g/mol. The Hall–Kier alpha value is -10.3. The summed E-state index contributed by atoms with van der Waals surface area (Å²) in [7, 11) is 6.59. The van der Waals surface area contributed by atoms with Crippen molar-refractivity contribution in [2.75, 3.05) is 37.3 Å². The highest BCUT2D eigenvalue weighted by Gasteiger charge is 2.19. The van der Waals surface area contributed by atoms with Gasteiger partial charge in [0.05, 0.1) is 21.3 Å². The fourth-order valence-electron chi connectivity index (χ4n) is 11.7. The lowest BCUT2D eigenvalue weighted by Crippen LogP contribution is -2.36. The third-order valence-corrected chi connectivity index (χ3v) is 25.3. The van der Waals surface area contributed by atoms with Crippen LogP contribution in [0.25, 0.3) is 0 Å². The minimum Gasteiger partial charge on any atom is -0.507 e. The average Bonchev–Trinajstić information content (AvgIpc) is 0.824. The fraction of sp³-hybridized carbons (Fsp3) is 0.196. The van der Waals surface area contributed by atoms with Gasteiger partial charge in [-0.2, -0.15) is 0 Å². The van der Waals surface area contributed by atoms with E-state index < -0.39 is 0 Å². The van der Waals surface area contributed by atoms with Crippen molar-refractivity contribution in [1.82, 2.24) is 10.6 Å². The van der Waals surface area contributed by atoms with Crippen molar-refractivity contribution in [3.8, 4) is 46.0 Å². The van der Waals surface area contributed by atoms with Gasteiger partial charge in [-0.25, -0.2) is 4.39 Å². The molecule has 13 nitrogen and oxygen atoms in total. The molecular formula is C97H109FN5O8P5. The first-order valence-corrected chi connectivity index (χ1v) is 43.3. The highest BCUT2D eigenvalue weighted by atomic mass is 31.1. The van der Waals surface area contributed by atoms with E-state index in [0.717, 1.165) is 86.6 Å². The van der Waals surface area contributed by atoms with Crippen LogP contribution >= 0.6 is 42.9 Å². The molecule has 0 aromatic heterocycles. The molecule has 0 aliphatic carbocycles. The van der Waals surface area contributed by atoms with E-state index in [4.69, 9.17) is 14.2 Å². The Balaban J connectivity index is 0.000000166. The molecule has 0 radical (unpaired) electrons. The summed E-state index contributed by atoms with van der Waals surface area (Å²) < 4.78 is 29.5. The highest BCUT2D eigenvalue weighted by Crippen LogP contribution is 2.34. The Morgan fingerprint density at radius 2 is 0.664 bits per heavy atom. The lowest BCUT2D eigenvalue weighted by atomic mass is 10.1. The average molecular weight is 1650 g/mol. The summed E-state index contributed by atoms with van der Waals surface area (Å²) in [6, 6.07) is 95.1. The second kappa shape index (κ2) is 45.2. The van der Waals surface area contributed by atoms with E-state index in [0.29, 0.717) is 80.7 Å². The summed E-state index contributed by atoms with van der Waals surface area (Å²) in [5.41, 5.74) is 12.6. The molecule has 0 aliphatic heterocycles. The molecule has 5 unspecified atom stereocenters. The molecule has 116 heavy (non-hydrogen) atoms. The van der Waals surface area contributed by atoms with E-state index in [1.165, 1.54) is 73.8 Å². The van der Waals surface area contributed by atoms with Gasteiger partial charge < -0.3 is 66.3 Å². The number of aryl methyl sites for hydroxylation is 3. The first-order valence-electron chi connectivity index (χ1n) is 38.3. The smallest absolute Gasteiger partial charge is 0.165 e. The topological polar surface area (TPSA) is 189 Å². The van der Waals surface area contributed by atoms with Gasteiger partial charge in [0.1, 0.15) is 40.3 Å². The Kier molecular flexibility index (Phi) is 34.9. The second-order valence-electron chi connectivity index (χ2n) is 29.5. The van der Waals surface area contributed by atoms with Crippen LogP contribution in [0.1, 0.15) is 86.1 Å². The molecule has 0 fully saturated rings. The number of phenols is 5. The molecule has 602 valence electrons. The van der Waals surface area contributed by atoms with Gasteiger partial charge in [-0.05, 0) is 213 Å². The molecule has 0 aliphatic rings. The van der Waals surface area contributed by atoms with E-state index in [1.807, 2.05) is 116 Å². The quantitative estimate of drug-likeness (QED) is 0.0231. The molecule has 0 saturated carbocycles. The van der Waals surface area contributed by atoms with Crippen molar-refractivity contribution in [2.45, 2.75) is 106 Å². The molecule has 10 N–H and O–H groups in total. The van der Waals surface area contributed by atoms with Crippen LogP contribution in [0.15, 0.2) is 291 Å². The van der Waals surface area contributed by atoms with Crippen LogP contribution in [0.3, 0.4) is 0 Å². The Labute approximate surface area is 694 Å². The third kappa shape index (κ3) is 29.4. The van der Waals surface area contributed by atoms with Crippen LogP contribution in [-0.4, -0.2) is 57.9 Å². The fourth-order valence-corrected chi connectivity index (χ4v) is 17.9. The van der Waals surface area contributed by atoms with Crippen LogP contribution in [0.4, 0.5) is 21.5 Å². The summed E-state index contributed by atoms with van der Waals surface area (Å²) in [4.78, 5) is 0. The number of rotatable bonds is 26. The zero-order valence-electron chi connectivity index (χ0n) is 68.1. The minimum atomic E-state index is -0.272. The molecule has 0 amide bonds. The summed E-state index contributed by atoms with van der Waals surface area (Å²) in [6.45, 7) is 22.5. The number of anilines is 3. The predicted molar refractivity (Wildman–Crippen MR) is 499 cm³/mol. The first-order chi connectivity index (χ1) is 55.8. The first kappa shape index (κ1) is 89.6. The van der Waals surface area contributed by atoms with Crippen molar-refractivity contribution in [3.63, 3.8) is 0 Å². The van der Waals surface area contributed by atoms with Gasteiger partial charge in [-0.15, -0.1) is 0 Å². The lowest BCUT2D eigenvalue weighted by molar-refractivity contribution is 0.366. The van der Waals surface area contributed by atoms with E-state index in [-0.39, 0.29) is 31.2 Å². The second-order valence-corrected chi connectivity index (χ2v) is 36.2. The number of nitrogens with one attached hydrogen (secondary N) is 5. The summed E-state index contributed by atoms with van der Waals surface area (Å²) in [5, 5.41) is 78.7. The Bertz CT molecular complexity index is 5160. The van der Waals surface area contributed by atoms with E-state index in [2.05, 4.69) is 209 Å². The zero-order chi connectivity index (χ0) is 83.0. The van der Waals surface area contributed by atoms with Gasteiger partial charge >= 0.3 is 0 Å². The van der Waals surface area contributed by atoms with E-state index in [1.54, 1.807) is 56.7 Å². The van der Waals surface area contributed by atoms with Gasteiger partial charge in [0, 0.05) is 93.5 Å². The molecule has 19 heteroatoms. The summed E-state index contributed by atoms with van der Waals surface area (Å²) in [5.74, 6) is 3.02. The van der Waals surface area contributed by atoms with Crippen LogP contribution in [-0.2, 0) is 32.7 Å². The SMILES string of the molecule is COc1cc(OC)c(O)c(Pc2ccc(F)cc2CNC(C)(C)C)c1.COc1ccc(O)c(Pc2ccc(C)cc2CNC(C)(C)C)c1.Cc1ccc(O)c(Pc2ccccc2CNc2ccccc2)c1.Cc1cccc(Pc2ccccc2CNc2ccccc2)c1O.Oc1ccccc1Pc1ccccc1CNc1ccccc1. The van der Waals surface area contributed by atoms with Gasteiger partial charge in [0.2, 0.25) is 0 Å². The molecule has 13 aromatic rings. The number of methoxy groups -OCH3 is 3. The number of hydrogen-bond donors (Lipinski definition) is 10. The van der Waals surface area contributed by atoms with Crippen molar-refractivity contribution < 1.29 is 44.1 Å². The summed E-state index contributed by atoms with van der Waals surface area (Å²) >= 11 is 0. The third-order valence-electron chi connectivity index (χ3n) is 18.1. The molecule has 0 spiro atoms. The largest absolute Gasteiger partial charge is 0.507 e. The molecule has 13 rings (SSSR count). The van der Waals surface area contributed by atoms with Gasteiger partial charge in [0.25, 0.3) is 0 Å². The number of ether oxygens (including phenoxy) is 3. The maximum absolute atomic E-state index is 13.7. The van der Waals surface area contributed by atoms with Crippen molar-refractivity contribution in [3.05, 3.63) is 342 Å². The Morgan fingerprint density at radius 3 is 1.15 bits per heavy atom.